The van der Waals surface area contributed by atoms with E-state index < -0.39 is 15.8 Å². The Morgan fingerprint density at radius 1 is 1.30 bits per heavy atom. The van der Waals surface area contributed by atoms with E-state index in [1.165, 1.54) is 13.0 Å². The number of hydrogen-bond donors (Lipinski definition) is 2. The summed E-state index contributed by atoms with van der Waals surface area (Å²) in [6, 6.07) is 2.32. The molecule has 0 fully saturated rings. The van der Waals surface area contributed by atoms with Crippen LogP contribution in [0.15, 0.2) is 17.0 Å². The van der Waals surface area contributed by atoms with Gasteiger partial charge in [-0.25, -0.2) is 17.5 Å². The fourth-order valence-electron chi connectivity index (χ4n) is 2.36. The van der Waals surface area contributed by atoms with Crippen LogP contribution in [-0.4, -0.2) is 14.5 Å². The molecule has 0 aliphatic heterocycles. The number of halogens is 1. The number of aryl methyl sites for hydroxylation is 1. The van der Waals surface area contributed by atoms with E-state index in [2.05, 4.69) is 4.72 Å². The smallest absolute Gasteiger partial charge is 0.243 e. The predicted octanol–water partition coefficient (Wildman–Crippen LogP) is 2.82. The summed E-state index contributed by atoms with van der Waals surface area (Å²) in [5.74, 6) is -0.529. The number of rotatable bonds is 6. The van der Waals surface area contributed by atoms with Crippen molar-refractivity contribution < 1.29 is 12.8 Å². The Balaban J connectivity index is 3.12. The molecule has 20 heavy (non-hydrogen) atoms. The molecular formula is C14H23FN2O2S. The third kappa shape index (κ3) is 3.70. The van der Waals surface area contributed by atoms with E-state index >= 15 is 0 Å². The second-order valence-electron chi connectivity index (χ2n) is 5.14. The van der Waals surface area contributed by atoms with E-state index in [9.17, 15) is 12.8 Å². The zero-order valence-electron chi connectivity index (χ0n) is 12.4. The molecule has 0 aliphatic carbocycles. The number of hydrogen-bond acceptors (Lipinski definition) is 3. The second-order valence-corrected chi connectivity index (χ2v) is 6.82. The second kappa shape index (κ2) is 6.54. The molecule has 0 bridgehead atoms. The Morgan fingerprint density at radius 2 is 1.85 bits per heavy atom. The van der Waals surface area contributed by atoms with Crippen molar-refractivity contribution in [1.29, 1.82) is 0 Å². The van der Waals surface area contributed by atoms with Crippen molar-refractivity contribution in [1.82, 2.24) is 4.72 Å². The molecule has 3 N–H and O–H groups in total. The molecule has 1 unspecified atom stereocenters. The van der Waals surface area contributed by atoms with Gasteiger partial charge in [-0.2, -0.15) is 0 Å². The number of nitrogen functional groups attached to an aromatic ring is 1. The number of nitrogens with one attached hydrogen (secondary N) is 1. The summed E-state index contributed by atoms with van der Waals surface area (Å²) in [6.07, 6.45) is 1.72. The highest BCUT2D eigenvalue weighted by Gasteiger charge is 2.25. The van der Waals surface area contributed by atoms with Crippen molar-refractivity contribution in [3.05, 3.63) is 23.5 Å². The molecule has 6 heteroatoms. The maximum Gasteiger partial charge on any atom is 0.243 e. The molecule has 1 atom stereocenters. The van der Waals surface area contributed by atoms with Crippen LogP contribution in [0.4, 0.5) is 10.1 Å². The third-order valence-electron chi connectivity index (χ3n) is 3.63. The number of anilines is 1. The Hall–Kier alpha value is -1.14. The molecule has 1 aromatic carbocycles. The molecule has 1 aromatic rings. The van der Waals surface area contributed by atoms with E-state index in [0.717, 1.165) is 18.9 Å². The first-order valence-corrected chi connectivity index (χ1v) is 8.29. The molecule has 0 radical (unpaired) electrons. The van der Waals surface area contributed by atoms with Crippen molar-refractivity contribution in [3.8, 4) is 0 Å². The lowest BCUT2D eigenvalue weighted by Gasteiger charge is -2.22. The first kappa shape index (κ1) is 16.9. The average Bonchev–Trinajstić information content (AvgIpc) is 2.34. The maximum absolute atomic E-state index is 14.0. The van der Waals surface area contributed by atoms with Gasteiger partial charge in [0.05, 0.1) is 0 Å². The summed E-state index contributed by atoms with van der Waals surface area (Å²) >= 11 is 0. The highest BCUT2D eigenvalue weighted by molar-refractivity contribution is 7.89. The van der Waals surface area contributed by atoms with Crippen LogP contribution in [-0.2, 0) is 10.0 Å². The first-order chi connectivity index (χ1) is 9.22. The lowest BCUT2D eigenvalue weighted by molar-refractivity contribution is 0.390. The van der Waals surface area contributed by atoms with Gasteiger partial charge < -0.3 is 5.73 Å². The molecule has 114 valence electrons. The highest BCUT2D eigenvalue weighted by atomic mass is 32.2. The van der Waals surface area contributed by atoms with Gasteiger partial charge in [0, 0.05) is 11.7 Å². The van der Waals surface area contributed by atoms with E-state index in [0.29, 0.717) is 0 Å². The van der Waals surface area contributed by atoms with Gasteiger partial charge in [-0.15, -0.1) is 0 Å². The highest BCUT2D eigenvalue weighted by Crippen LogP contribution is 2.23. The Bertz CT molecular complexity index is 569. The summed E-state index contributed by atoms with van der Waals surface area (Å²) in [7, 11) is -3.91. The Morgan fingerprint density at radius 3 is 2.35 bits per heavy atom. The van der Waals surface area contributed by atoms with Crippen molar-refractivity contribution in [2.75, 3.05) is 5.73 Å². The fraction of sp³-hybridized carbons (Fsp3) is 0.571. The molecule has 0 amide bonds. The van der Waals surface area contributed by atoms with Gasteiger partial charge >= 0.3 is 0 Å². The monoisotopic (exact) mass is 302 g/mol. The van der Waals surface area contributed by atoms with E-state index in [1.54, 1.807) is 6.92 Å². The van der Waals surface area contributed by atoms with E-state index in [1.807, 2.05) is 13.8 Å². The third-order valence-corrected chi connectivity index (χ3v) is 5.19. The van der Waals surface area contributed by atoms with Crippen molar-refractivity contribution in [3.63, 3.8) is 0 Å². The normalized spacial score (nSPS) is 13.7. The maximum atomic E-state index is 14.0. The number of nitrogens with two attached hydrogens (primary N) is 1. The van der Waals surface area contributed by atoms with Gasteiger partial charge in [-0.3, -0.25) is 0 Å². The van der Waals surface area contributed by atoms with Crippen LogP contribution in [0, 0.1) is 18.7 Å². The molecule has 0 heterocycles. The van der Waals surface area contributed by atoms with Crippen LogP contribution >= 0.6 is 0 Å². The van der Waals surface area contributed by atoms with Gasteiger partial charge in [0.1, 0.15) is 10.7 Å². The summed E-state index contributed by atoms with van der Waals surface area (Å²) < 4.78 is 41.2. The standard InChI is InChI=1S/C14H23FN2O2S/c1-5-11(6-2)10(4)17-20(18,19)13-8-12(16)7-9(3)14(13)15/h7-8,10-11,17H,5-6,16H2,1-4H3. The minimum absolute atomic E-state index is 0.218. The molecule has 0 aliphatic rings. The molecule has 4 nitrogen and oxygen atoms in total. The summed E-state index contributed by atoms with van der Waals surface area (Å²) in [4.78, 5) is -0.382. The Kier molecular flexibility index (Phi) is 5.53. The zero-order valence-corrected chi connectivity index (χ0v) is 13.2. The molecule has 0 saturated carbocycles. The molecule has 0 spiro atoms. The number of benzene rings is 1. The topological polar surface area (TPSA) is 72.2 Å². The van der Waals surface area contributed by atoms with Crippen LogP contribution in [0.1, 0.15) is 39.2 Å². The van der Waals surface area contributed by atoms with Crippen LogP contribution < -0.4 is 10.5 Å². The van der Waals surface area contributed by atoms with Gasteiger partial charge in [0.25, 0.3) is 0 Å². The molecule has 0 saturated heterocycles. The lowest BCUT2D eigenvalue weighted by Crippen LogP contribution is -2.38. The largest absolute Gasteiger partial charge is 0.399 e. The van der Waals surface area contributed by atoms with Crippen LogP contribution in [0.25, 0.3) is 0 Å². The van der Waals surface area contributed by atoms with Crippen molar-refractivity contribution in [2.45, 2.75) is 51.5 Å². The molecular weight excluding hydrogens is 279 g/mol. The summed E-state index contributed by atoms with van der Waals surface area (Å²) in [5, 5.41) is 0. The number of sulfonamides is 1. The van der Waals surface area contributed by atoms with Crippen molar-refractivity contribution >= 4 is 15.7 Å². The zero-order chi connectivity index (χ0) is 15.5. The minimum Gasteiger partial charge on any atom is -0.399 e. The summed E-state index contributed by atoms with van der Waals surface area (Å²) in [6.45, 7) is 7.30. The first-order valence-electron chi connectivity index (χ1n) is 6.80. The van der Waals surface area contributed by atoms with Crippen molar-refractivity contribution in [2.24, 2.45) is 5.92 Å². The van der Waals surface area contributed by atoms with Crippen LogP contribution in [0.3, 0.4) is 0 Å². The summed E-state index contributed by atoms with van der Waals surface area (Å²) in [5.41, 5.74) is 6.07. The molecule has 0 aromatic heterocycles. The van der Waals surface area contributed by atoms with Crippen LogP contribution in [0.2, 0.25) is 0 Å². The van der Waals surface area contributed by atoms with Gasteiger partial charge in [-0.1, -0.05) is 26.7 Å². The SMILES string of the molecule is CCC(CC)C(C)NS(=O)(=O)c1cc(N)cc(C)c1F. The minimum atomic E-state index is -3.91. The van der Waals surface area contributed by atoms with Gasteiger partial charge in [-0.05, 0) is 37.5 Å². The van der Waals surface area contributed by atoms with Gasteiger partial charge in [0.15, 0.2) is 0 Å². The molecule has 1 rings (SSSR count). The van der Waals surface area contributed by atoms with Gasteiger partial charge in [0.2, 0.25) is 10.0 Å². The predicted molar refractivity (Wildman–Crippen MR) is 79.4 cm³/mol. The average molecular weight is 302 g/mol. The van der Waals surface area contributed by atoms with E-state index in [-0.39, 0.29) is 28.1 Å². The fourth-order valence-corrected chi connectivity index (χ4v) is 3.86. The Labute approximate surface area is 120 Å². The quantitative estimate of drug-likeness (QED) is 0.794. The van der Waals surface area contributed by atoms with Crippen LogP contribution in [0.5, 0.6) is 0 Å². The lowest BCUT2D eigenvalue weighted by atomic mass is 9.96. The van der Waals surface area contributed by atoms with E-state index in [4.69, 9.17) is 5.73 Å².